The third kappa shape index (κ3) is 3.19. The second kappa shape index (κ2) is 4.84. The summed E-state index contributed by atoms with van der Waals surface area (Å²) in [4.78, 5) is 4.30. The van der Waals surface area contributed by atoms with Crippen LogP contribution in [0.1, 0.15) is 12.8 Å². The average molecular weight is 262 g/mol. The topological polar surface area (TPSA) is 60.9 Å². The lowest BCUT2D eigenvalue weighted by atomic mass is 10.1. The van der Waals surface area contributed by atoms with Gasteiger partial charge in [0.25, 0.3) is 0 Å². The summed E-state index contributed by atoms with van der Waals surface area (Å²) in [5.41, 5.74) is 0. The summed E-state index contributed by atoms with van der Waals surface area (Å²) >= 11 is 0. The zero-order valence-electron chi connectivity index (χ0n) is 10.5. The van der Waals surface area contributed by atoms with E-state index in [-0.39, 0.29) is 17.9 Å². The Hall–Kier alpha value is -0.170. The quantitative estimate of drug-likeness (QED) is 0.719. The van der Waals surface area contributed by atoms with E-state index in [9.17, 15) is 13.5 Å². The van der Waals surface area contributed by atoms with Gasteiger partial charge in [-0.2, -0.15) is 0 Å². The van der Waals surface area contributed by atoms with Gasteiger partial charge < -0.3 is 10.0 Å². The summed E-state index contributed by atoms with van der Waals surface area (Å²) in [6, 6.07) is 0.403. The van der Waals surface area contributed by atoms with Crippen molar-refractivity contribution in [3.05, 3.63) is 0 Å². The number of rotatable bonds is 3. The van der Waals surface area contributed by atoms with E-state index < -0.39 is 9.84 Å². The van der Waals surface area contributed by atoms with Gasteiger partial charge in [-0.3, -0.25) is 4.90 Å². The molecule has 5 nitrogen and oxygen atoms in total. The highest BCUT2D eigenvalue weighted by Gasteiger charge is 2.40. The molecule has 0 bridgehead atoms. The van der Waals surface area contributed by atoms with Crippen LogP contribution in [0, 0.1) is 0 Å². The van der Waals surface area contributed by atoms with Crippen molar-refractivity contribution in [2.24, 2.45) is 0 Å². The summed E-state index contributed by atoms with van der Waals surface area (Å²) in [5, 5.41) is 9.76. The van der Waals surface area contributed by atoms with Crippen LogP contribution < -0.4 is 0 Å². The number of sulfone groups is 1. The van der Waals surface area contributed by atoms with Gasteiger partial charge in [0.15, 0.2) is 9.84 Å². The minimum Gasteiger partial charge on any atom is -0.392 e. The number of aliphatic hydroxyl groups excluding tert-OH is 1. The Morgan fingerprint density at radius 2 is 2.12 bits per heavy atom. The summed E-state index contributed by atoms with van der Waals surface area (Å²) in [5.74, 6) is 0.572. The van der Waals surface area contributed by atoms with Crippen LogP contribution in [0.5, 0.6) is 0 Å². The van der Waals surface area contributed by atoms with E-state index in [2.05, 4.69) is 9.80 Å². The molecule has 2 saturated heterocycles. The Bertz CT molecular complexity index is 369. The van der Waals surface area contributed by atoms with Crippen LogP contribution >= 0.6 is 0 Å². The molecule has 6 heteroatoms. The number of likely N-dealkylation sites (N-methyl/N-ethyl adjacent to an activating group) is 1. The lowest BCUT2D eigenvalue weighted by Gasteiger charge is -2.31. The molecule has 1 N–H and O–H groups in total. The number of hydrogen-bond donors (Lipinski definition) is 1. The monoisotopic (exact) mass is 262 g/mol. The third-order valence-electron chi connectivity index (χ3n) is 3.69. The van der Waals surface area contributed by atoms with Crippen molar-refractivity contribution in [1.82, 2.24) is 9.80 Å². The fourth-order valence-electron chi connectivity index (χ4n) is 3.00. The summed E-state index contributed by atoms with van der Waals surface area (Å²) in [6.45, 7) is 1.51. The molecular weight excluding hydrogens is 240 g/mol. The molecule has 0 aliphatic carbocycles. The van der Waals surface area contributed by atoms with Gasteiger partial charge in [0, 0.05) is 25.2 Å². The highest BCUT2D eigenvalue weighted by Crippen LogP contribution is 2.27. The van der Waals surface area contributed by atoms with E-state index in [1.807, 2.05) is 14.1 Å². The van der Waals surface area contributed by atoms with Crippen molar-refractivity contribution in [3.8, 4) is 0 Å². The lowest BCUT2D eigenvalue weighted by Crippen LogP contribution is -2.44. The van der Waals surface area contributed by atoms with Crippen molar-refractivity contribution < 1.29 is 13.5 Å². The molecule has 0 radical (unpaired) electrons. The number of nitrogens with zero attached hydrogens (tertiary/aromatic N) is 2. The minimum absolute atomic E-state index is 0.113. The molecule has 2 heterocycles. The van der Waals surface area contributed by atoms with Crippen molar-refractivity contribution in [1.29, 1.82) is 0 Å². The van der Waals surface area contributed by atoms with Crippen LogP contribution in [0.4, 0.5) is 0 Å². The Balaban J connectivity index is 2.03. The molecule has 2 aliphatic rings. The van der Waals surface area contributed by atoms with E-state index in [4.69, 9.17) is 0 Å². The number of likely N-dealkylation sites (tertiary alicyclic amines) is 1. The van der Waals surface area contributed by atoms with E-state index in [1.165, 1.54) is 0 Å². The Morgan fingerprint density at radius 1 is 1.41 bits per heavy atom. The van der Waals surface area contributed by atoms with Crippen molar-refractivity contribution >= 4 is 9.84 Å². The normalized spacial score (nSPS) is 38.0. The van der Waals surface area contributed by atoms with Gasteiger partial charge in [0.1, 0.15) is 0 Å². The van der Waals surface area contributed by atoms with Gasteiger partial charge in [-0.25, -0.2) is 8.42 Å². The summed E-state index contributed by atoms with van der Waals surface area (Å²) < 4.78 is 23.0. The van der Waals surface area contributed by atoms with Gasteiger partial charge in [-0.1, -0.05) is 0 Å². The van der Waals surface area contributed by atoms with E-state index in [0.717, 1.165) is 19.4 Å². The Morgan fingerprint density at radius 3 is 2.65 bits per heavy atom. The molecule has 2 aliphatic heterocycles. The maximum absolute atomic E-state index is 11.5. The lowest BCUT2D eigenvalue weighted by molar-refractivity contribution is 0.146. The SMILES string of the molecule is CN(C)CC1CC(O)CN1C1CCS(=O)(=O)C1. The van der Waals surface area contributed by atoms with Crippen LogP contribution in [0.3, 0.4) is 0 Å². The molecule has 3 unspecified atom stereocenters. The first-order valence-corrected chi connectivity index (χ1v) is 7.98. The molecule has 2 rings (SSSR count). The molecule has 2 fully saturated rings. The first-order chi connectivity index (χ1) is 7.87. The molecule has 17 heavy (non-hydrogen) atoms. The highest BCUT2D eigenvalue weighted by molar-refractivity contribution is 7.91. The largest absolute Gasteiger partial charge is 0.392 e. The first-order valence-electron chi connectivity index (χ1n) is 6.16. The van der Waals surface area contributed by atoms with Crippen LogP contribution in [-0.2, 0) is 9.84 Å². The fourth-order valence-corrected chi connectivity index (χ4v) is 4.74. The Labute approximate surface area is 103 Å². The molecule has 3 atom stereocenters. The fraction of sp³-hybridized carbons (Fsp3) is 1.00. The second-order valence-electron chi connectivity index (χ2n) is 5.56. The van der Waals surface area contributed by atoms with Crippen LogP contribution in [-0.4, -0.2) is 80.2 Å². The standard InChI is InChI=1S/C11H22N2O3S/c1-12(2)6-10-5-11(14)7-13(10)9-3-4-17(15,16)8-9/h9-11,14H,3-8H2,1-2H3. The molecular formula is C11H22N2O3S. The van der Waals surface area contributed by atoms with Gasteiger partial charge in [0.05, 0.1) is 17.6 Å². The van der Waals surface area contributed by atoms with E-state index in [1.54, 1.807) is 0 Å². The zero-order chi connectivity index (χ0) is 12.6. The molecule has 100 valence electrons. The number of β-amino-alcohol motifs (C(OH)–C–C–N with tert-alkyl or cyclic N) is 1. The first kappa shape index (κ1) is 13.3. The molecule has 0 aromatic rings. The van der Waals surface area contributed by atoms with Gasteiger partial charge in [0.2, 0.25) is 0 Å². The maximum Gasteiger partial charge on any atom is 0.151 e. The van der Waals surface area contributed by atoms with Gasteiger partial charge >= 0.3 is 0 Å². The molecule has 0 saturated carbocycles. The molecule has 0 spiro atoms. The predicted molar refractivity (Wildman–Crippen MR) is 66.7 cm³/mol. The van der Waals surface area contributed by atoms with Gasteiger partial charge in [-0.15, -0.1) is 0 Å². The maximum atomic E-state index is 11.5. The average Bonchev–Trinajstić information content (AvgIpc) is 2.68. The van der Waals surface area contributed by atoms with Gasteiger partial charge in [-0.05, 0) is 26.9 Å². The number of hydrogen-bond acceptors (Lipinski definition) is 5. The molecule has 0 amide bonds. The molecule has 0 aromatic carbocycles. The van der Waals surface area contributed by atoms with Crippen LogP contribution in [0.25, 0.3) is 0 Å². The van der Waals surface area contributed by atoms with Crippen molar-refractivity contribution in [2.45, 2.75) is 31.0 Å². The number of aliphatic hydroxyl groups is 1. The minimum atomic E-state index is -2.84. The predicted octanol–water partition coefficient (Wildman–Crippen LogP) is -0.830. The van der Waals surface area contributed by atoms with Crippen molar-refractivity contribution in [3.63, 3.8) is 0 Å². The van der Waals surface area contributed by atoms with Crippen molar-refractivity contribution in [2.75, 3.05) is 38.7 Å². The molecule has 0 aromatic heterocycles. The smallest absolute Gasteiger partial charge is 0.151 e. The third-order valence-corrected chi connectivity index (χ3v) is 5.44. The zero-order valence-corrected chi connectivity index (χ0v) is 11.4. The highest BCUT2D eigenvalue weighted by atomic mass is 32.2. The second-order valence-corrected chi connectivity index (χ2v) is 7.79. The Kier molecular flexibility index (Phi) is 3.77. The van der Waals surface area contributed by atoms with E-state index >= 15 is 0 Å². The summed E-state index contributed by atoms with van der Waals surface area (Å²) in [7, 11) is 1.18. The summed E-state index contributed by atoms with van der Waals surface area (Å²) in [6.07, 6.45) is 1.18. The van der Waals surface area contributed by atoms with Crippen LogP contribution in [0.15, 0.2) is 0 Å². The van der Waals surface area contributed by atoms with Crippen LogP contribution in [0.2, 0.25) is 0 Å². The van der Waals surface area contributed by atoms with E-state index in [0.29, 0.717) is 18.3 Å².